The van der Waals surface area contributed by atoms with Gasteiger partial charge in [0.2, 0.25) is 5.60 Å². The number of esters is 1. The summed E-state index contributed by atoms with van der Waals surface area (Å²) in [6.45, 7) is -3.41. The van der Waals surface area contributed by atoms with Gasteiger partial charge in [-0.05, 0) is 22.8 Å². The molecule has 146 valence electrons. The minimum absolute atomic E-state index is 0. The first-order valence-corrected chi connectivity index (χ1v) is 9.04. The van der Waals surface area contributed by atoms with Gasteiger partial charge in [-0.3, -0.25) is 0 Å². The quantitative estimate of drug-likeness (QED) is 0.353. The maximum absolute atomic E-state index is 14.0. The molecular formula is C19H22BrNO4S2. The minimum Gasteiger partial charge on any atom is -1.00 e. The van der Waals surface area contributed by atoms with Gasteiger partial charge in [0.05, 0.1) is 40.2 Å². The number of hydrogen-bond acceptors (Lipinski definition) is 6. The summed E-state index contributed by atoms with van der Waals surface area (Å²) in [6, 6.07) is -9.68. The topological polar surface area (TPSA) is 59.1 Å². The van der Waals surface area contributed by atoms with Crippen molar-refractivity contribution >= 4 is 28.6 Å². The van der Waals surface area contributed by atoms with Crippen molar-refractivity contribution in [1.29, 1.82) is 0 Å². The number of morpholine rings is 1. The van der Waals surface area contributed by atoms with Crippen LogP contribution in [0.3, 0.4) is 0 Å². The molecule has 1 N–H and O–H groups in total. The van der Waals surface area contributed by atoms with Crippen molar-refractivity contribution in [2.45, 2.75) is 48.7 Å². The van der Waals surface area contributed by atoms with E-state index < -0.39 is 111 Å². The Bertz CT molecular complexity index is 1460. The summed E-state index contributed by atoms with van der Waals surface area (Å²) in [7, 11) is 0.767. The van der Waals surface area contributed by atoms with Crippen molar-refractivity contribution in [2.24, 2.45) is 0 Å². The molecule has 3 saturated heterocycles. The monoisotopic (exact) mass is 487 g/mol. The Hall–Kier alpha value is -0.770. The molecule has 5 rings (SSSR count). The van der Waals surface area contributed by atoms with Crippen LogP contribution in [0.4, 0.5) is 0 Å². The molecule has 0 spiro atoms. The van der Waals surface area contributed by atoms with Crippen LogP contribution >= 0.6 is 22.7 Å². The molecule has 5 heterocycles. The standard InChI is InChI=1S/C19H22NO4S2.BrH/c1-20(2)12-9-11(10-13(20)17-16(12)24-17)23-18(21)19(22,14-5-3-7-25-14)15-6-4-8-26-15;/h3-8,11-13,16-17,22H,9-10H2,1-2H3;1H/q+1;/p-1/i1D3,3D,4D,5D,6D,7D,8D,9D2,10D2,11D,12D,13D;. The minimum atomic E-state index is -3.95. The molecule has 2 aromatic heterocycles. The Kier molecular flexibility index (Phi) is 2.01. The number of hydrogen-bond donors (Lipinski definition) is 1. The van der Waals surface area contributed by atoms with E-state index in [-0.39, 0.29) is 39.7 Å². The van der Waals surface area contributed by atoms with Crippen LogP contribution in [0.2, 0.25) is 0 Å². The Morgan fingerprint density at radius 1 is 1.37 bits per heavy atom. The van der Waals surface area contributed by atoms with Gasteiger partial charge in [-0.15, -0.1) is 22.7 Å². The van der Waals surface area contributed by atoms with Gasteiger partial charge in [-0.1, -0.05) is 12.1 Å². The van der Waals surface area contributed by atoms with Gasteiger partial charge < -0.3 is 36.0 Å². The first-order chi connectivity index (χ1) is 18.8. The van der Waals surface area contributed by atoms with Gasteiger partial charge in [-0.25, -0.2) is 4.79 Å². The van der Waals surface area contributed by atoms with Gasteiger partial charge >= 0.3 is 5.97 Å². The molecule has 5 nitrogen and oxygen atoms in total. The normalized spacial score (nSPS) is 57.6. The summed E-state index contributed by atoms with van der Waals surface area (Å²) in [6.07, 6.45) is -14.9. The number of piperidine rings is 1. The molecule has 4 atom stereocenters. The van der Waals surface area contributed by atoms with Crippen LogP contribution in [-0.4, -0.2) is 59.9 Å². The van der Waals surface area contributed by atoms with Gasteiger partial charge in [0, 0.05) is 18.2 Å². The molecule has 0 aromatic carbocycles. The van der Waals surface area contributed by atoms with Crippen molar-refractivity contribution in [3.8, 4) is 0 Å². The second-order valence-electron chi connectivity index (χ2n) is 6.00. The molecule has 2 bridgehead atoms. The molecule has 0 radical (unpaired) electrons. The molecule has 2 aromatic rings. The van der Waals surface area contributed by atoms with E-state index in [1.807, 2.05) is 0 Å². The molecule has 0 amide bonds. The third-order valence-corrected chi connectivity index (χ3v) is 6.00. The number of epoxide rings is 1. The average Bonchev–Trinajstić information content (AvgIpc) is 3.56. The van der Waals surface area contributed by atoms with E-state index in [0.29, 0.717) is 0 Å². The second-order valence-corrected chi connectivity index (χ2v) is 7.63. The van der Waals surface area contributed by atoms with E-state index in [9.17, 15) is 9.90 Å². The fourth-order valence-corrected chi connectivity index (χ4v) is 4.34. The summed E-state index contributed by atoms with van der Waals surface area (Å²) >= 11 is 0.399. The lowest BCUT2D eigenvalue weighted by molar-refractivity contribution is -0.938. The molecule has 3 aliphatic heterocycles. The Morgan fingerprint density at radius 2 is 1.93 bits per heavy atom. The number of likely N-dealkylation sites (N-methyl/N-ethyl adjacent to an activating group) is 1. The molecule has 3 fully saturated rings. The zero-order valence-corrected chi connectivity index (χ0v) is 16.7. The largest absolute Gasteiger partial charge is 1.00 e. The number of halogens is 1. The predicted molar refractivity (Wildman–Crippen MR) is 99.1 cm³/mol. The Balaban J connectivity index is 0.00000423. The molecule has 4 unspecified atom stereocenters. The lowest BCUT2D eigenvalue weighted by Crippen LogP contribution is -3.00. The van der Waals surface area contributed by atoms with Gasteiger partial charge in [0.15, 0.2) is 0 Å². The first kappa shape index (κ1) is 8.16. The summed E-state index contributed by atoms with van der Waals surface area (Å²) in [5.74, 6) is -2.12. The van der Waals surface area contributed by atoms with E-state index >= 15 is 0 Å². The highest BCUT2D eigenvalue weighted by Gasteiger charge is 2.71. The first-order valence-electron chi connectivity index (χ1n) is 15.4. The van der Waals surface area contributed by atoms with E-state index in [0.717, 1.165) is 7.05 Å². The SMILES string of the molecule is [2H]c1sc(C(O)(C(=O)OC2([2H])C([2H])([2H])C3([2H])C4OC4C([2H])(C2([2H])[2H])[N+]3(C)C([2H])([2H])[2H])c2sc([2H])c([2H])c2[2H])c([2H])c1[2H].[Br-]. The number of carbonyl (C=O) groups is 1. The van der Waals surface area contributed by atoms with Crippen molar-refractivity contribution in [1.82, 2.24) is 0 Å². The maximum Gasteiger partial charge on any atom is 0.349 e. The molecule has 0 saturated carbocycles. The molecule has 8 heteroatoms. The van der Waals surface area contributed by atoms with Crippen molar-refractivity contribution in [3.63, 3.8) is 0 Å². The third-order valence-electron chi connectivity index (χ3n) is 4.39. The molecule has 27 heavy (non-hydrogen) atoms. The summed E-state index contributed by atoms with van der Waals surface area (Å²) in [5, 5.41) is 10.6. The number of ether oxygens (including phenoxy) is 2. The van der Waals surface area contributed by atoms with Crippen LogP contribution in [-0.2, 0) is 19.9 Å². The zero-order chi connectivity index (χ0) is 32.2. The van der Waals surface area contributed by atoms with Crippen molar-refractivity contribution < 1.29 is 62.8 Å². The number of carbonyl (C=O) groups excluding carboxylic acids is 1. The molecule has 3 aliphatic rings. The summed E-state index contributed by atoms with van der Waals surface area (Å²) < 4.78 is 143. The summed E-state index contributed by atoms with van der Waals surface area (Å²) in [4.78, 5) is 12.3. The zero-order valence-electron chi connectivity index (χ0n) is 29.5. The lowest BCUT2D eigenvalue weighted by atomic mass is 9.95. The molecular weight excluding hydrogens is 450 g/mol. The highest BCUT2D eigenvalue weighted by molar-refractivity contribution is 7.12. The average molecular weight is 489 g/mol. The maximum atomic E-state index is 14.0. The van der Waals surface area contributed by atoms with E-state index in [4.69, 9.17) is 31.4 Å². The van der Waals surface area contributed by atoms with Crippen LogP contribution in [0.5, 0.6) is 0 Å². The van der Waals surface area contributed by atoms with Crippen LogP contribution in [0, 0.1) is 0 Å². The van der Waals surface area contributed by atoms with Crippen molar-refractivity contribution in [3.05, 3.63) is 44.6 Å². The number of aliphatic hydroxyl groups is 1. The smallest absolute Gasteiger partial charge is 0.349 e. The highest BCUT2D eigenvalue weighted by Crippen LogP contribution is 2.52. The van der Waals surface area contributed by atoms with Crippen LogP contribution in [0.25, 0.3) is 0 Å². The van der Waals surface area contributed by atoms with E-state index in [1.54, 1.807) is 0 Å². The number of thiophene rings is 2. The van der Waals surface area contributed by atoms with Crippen molar-refractivity contribution in [2.75, 3.05) is 14.0 Å². The Morgan fingerprint density at radius 3 is 2.37 bits per heavy atom. The lowest BCUT2D eigenvalue weighted by Gasteiger charge is -2.45. The van der Waals surface area contributed by atoms with Crippen LogP contribution in [0.15, 0.2) is 34.9 Å². The van der Waals surface area contributed by atoms with Gasteiger partial charge in [0.1, 0.15) is 30.3 Å². The number of rotatable bonds is 4. The number of fused-ring (bicyclic) bond motifs is 5. The second kappa shape index (κ2) is 6.64. The van der Waals surface area contributed by atoms with Gasteiger partial charge in [0.25, 0.3) is 0 Å². The van der Waals surface area contributed by atoms with Gasteiger partial charge in [-0.2, -0.15) is 0 Å². The fourth-order valence-electron chi connectivity index (χ4n) is 3.00. The molecule has 0 aliphatic carbocycles. The predicted octanol–water partition coefficient (Wildman–Crippen LogP) is -0.650. The highest BCUT2D eigenvalue weighted by atomic mass is 79.9. The van der Waals surface area contributed by atoms with Crippen LogP contribution < -0.4 is 17.0 Å². The van der Waals surface area contributed by atoms with E-state index in [1.165, 1.54) is 0 Å². The number of nitrogens with zero attached hydrogens (tertiary/aromatic N) is 1. The Labute approximate surface area is 199 Å². The van der Waals surface area contributed by atoms with E-state index in [2.05, 4.69) is 0 Å². The summed E-state index contributed by atoms with van der Waals surface area (Å²) in [5.41, 5.74) is -3.45. The third kappa shape index (κ3) is 2.84. The van der Waals surface area contributed by atoms with Crippen LogP contribution in [0.1, 0.15) is 44.4 Å². The number of quaternary nitrogens is 1. The fraction of sp³-hybridized carbons (Fsp3) is 0.526.